The fraction of sp³-hybridized carbons (Fsp3) is 0.211. The molecule has 0 saturated heterocycles. The fourth-order valence-electron chi connectivity index (χ4n) is 2.44. The molecule has 0 saturated carbocycles. The summed E-state index contributed by atoms with van der Waals surface area (Å²) in [6, 6.07) is 13.2. The highest BCUT2D eigenvalue weighted by Crippen LogP contribution is 2.27. The van der Waals surface area contributed by atoms with Crippen LogP contribution in [0.2, 0.25) is 0 Å². The van der Waals surface area contributed by atoms with Gasteiger partial charge >= 0.3 is 0 Å². The summed E-state index contributed by atoms with van der Waals surface area (Å²) >= 11 is 1.33. The number of H-pyrrole nitrogens is 1. The van der Waals surface area contributed by atoms with Gasteiger partial charge in [0.2, 0.25) is 0 Å². The highest BCUT2D eigenvalue weighted by atomic mass is 32.2. The van der Waals surface area contributed by atoms with Crippen LogP contribution in [0.15, 0.2) is 52.7 Å². The molecule has 1 amide bonds. The molecule has 1 heterocycles. The standard InChI is InChI=1S/C19H20N4O3S/c1-12(13-8-9-16(25-2)17(10-13)26-3)22-23-18(24)11-27-19-20-14-6-4-5-7-15(14)21-19/h4-10H,11H2,1-3H3,(H,20,21)(H,23,24). The number of hydrogen-bond donors (Lipinski definition) is 2. The Kier molecular flexibility index (Phi) is 5.97. The molecule has 0 aliphatic heterocycles. The summed E-state index contributed by atoms with van der Waals surface area (Å²) in [6.07, 6.45) is 0. The highest BCUT2D eigenvalue weighted by molar-refractivity contribution is 7.99. The minimum Gasteiger partial charge on any atom is -0.493 e. The fourth-order valence-corrected chi connectivity index (χ4v) is 3.11. The van der Waals surface area contributed by atoms with Crippen molar-refractivity contribution >= 4 is 34.4 Å². The number of nitrogens with zero attached hydrogens (tertiary/aromatic N) is 2. The van der Waals surface area contributed by atoms with Crippen molar-refractivity contribution in [1.82, 2.24) is 15.4 Å². The Hall–Kier alpha value is -3.00. The molecule has 1 aromatic heterocycles. The summed E-state index contributed by atoms with van der Waals surface area (Å²) in [6.45, 7) is 1.81. The van der Waals surface area contributed by atoms with E-state index in [2.05, 4.69) is 20.5 Å². The third-order valence-electron chi connectivity index (χ3n) is 3.86. The number of aromatic amines is 1. The van der Waals surface area contributed by atoms with Gasteiger partial charge in [-0.15, -0.1) is 0 Å². The van der Waals surface area contributed by atoms with Gasteiger partial charge in [-0.3, -0.25) is 4.79 Å². The van der Waals surface area contributed by atoms with Gasteiger partial charge in [-0.1, -0.05) is 23.9 Å². The predicted octanol–water partition coefficient (Wildman–Crippen LogP) is 3.21. The molecular weight excluding hydrogens is 364 g/mol. The van der Waals surface area contributed by atoms with Gasteiger partial charge in [0.15, 0.2) is 16.7 Å². The Bertz CT molecular complexity index is 951. The molecule has 0 aliphatic rings. The summed E-state index contributed by atoms with van der Waals surface area (Å²) in [4.78, 5) is 19.7. The smallest absolute Gasteiger partial charge is 0.250 e. The van der Waals surface area contributed by atoms with Crippen LogP contribution in [0.5, 0.6) is 11.5 Å². The maximum atomic E-state index is 12.1. The third kappa shape index (κ3) is 4.59. The van der Waals surface area contributed by atoms with Crippen molar-refractivity contribution in [3.63, 3.8) is 0 Å². The van der Waals surface area contributed by atoms with E-state index in [9.17, 15) is 4.79 Å². The number of hydrogen-bond acceptors (Lipinski definition) is 6. The first-order chi connectivity index (χ1) is 13.1. The third-order valence-corrected chi connectivity index (χ3v) is 4.73. The van der Waals surface area contributed by atoms with E-state index in [0.717, 1.165) is 16.6 Å². The number of carbonyl (C=O) groups is 1. The molecule has 27 heavy (non-hydrogen) atoms. The van der Waals surface area contributed by atoms with Crippen LogP contribution >= 0.6 is 11.8 Å². The van der Waals surface area contributed by atoms with Gasteiger partial charge < -0.3 is 14.5 Å². The summed E-state index contributed by atoms with van der Waals surface area (Å²) in [7, 11) is 3.16. The van der Waals surface area contributed by atoms with Crippen LogP contribution in [0.4, 0.5) is 0 Å². The Morgan fingerprint density at radius 2 is 1.96 bits per heavy atom. The zero-order valence-corrected chi connectivity index (χ0v) is 16.1. The van der Waals surface area contributed by atoms with Crippen LogP contribution in [-0.4, -0.2) is 41.6 Å². The van der Waals surface area contributed by atoms with E-state index < -0.39 is 0 Å². The molecule has 3 rings (SSSR count). The predicted molar refractivity (Wildman–Crippen MR) is 107 cm³/mol. The second kappa shape index (κ2) is 8.59. The lowest BCUT2D eigenvalue weighted by molar-refractivity contribution is -0.118. The van der Waals surface area contributed by atoms with Gasteiger partial charge in [0, 0.05) is 5.56 Å². The Morgan fingerprint density at radius 3 is 2.70 bits per heavy atom. The molecule has 7 nitrogen and oxygen atoms in total. The lowest BCUT2D eigenvalue weighted by Gasteiger charge is -2.09. The van der Waals surface area contributed by atoms with Gasteiger partial charge in [0.25, 0.3) is 5.91 Å². The first-order valence-corrected chi connectivity index (χ1v) is 9.22. The van der Waals surface area contributed by atoms with E-state index in [1.165, 1.54) is 11.8 Å². The van der Waals surface area contributed by atoms with Crippen molar-refractivity contribution in [3.8, 4) is 11.5 Å². The van der Waals surface area contributed by atoms with Crippen LogP contribution in [0.1, 0.15) is 12.5 Å². The zero-order chi connectivity index (χ0) is 19.2. The van der Waals surface area contributed by atoms with Gasteiger partial charge in [-0.05, 0) is 37.3 Å². The Balaban J connectivity index is 1.58. The van der Waals surface area contributed by atoms with Crippen molar-refractivity contribution < 1.29 is 14.3 Å². The maximum Gasteiger partial charge on any atom is 0.250 e. The molecule has 0 radical (unpaired) electrons. The topological polar surface area (TPSA) is 88.6 Å². The molecule has 0 spiro atoms. The van der Waals surface area contributed by atoms with Crippen LogP contribution in [0.3, 0.4) is 0 Å². The van der Waals surface area contributed by atoms with Crippen molar-refractivity contribution in [1.29, 1.82) is 0 Å². The molecule has 0 atom stereocenters. The molecule has 140 valence electrons. The van der Waals surface area contributed by atoms with Crippen molar-refractivity contribution in [2.75, 3.05) is 20.0 Å². The van der Waals surface area contributed by atoms with E-state index >= 15 is 0 Å². The zero-order valence-electron chi connectivity index (χ0n) is 15.3. The lowest BCUT2D eigenvalue weighted by Crippen LogP contribution is -2.21. The number of imidazole rings is 1. The molecule has 8 heteroatoms. The number of ether oxygens (including phenoxy) is 2. The van der Waals surface area contributed by atoms with E-state index in [1.807, 2.05) is 43.3 Å². The second-order valence-electron chi connectivity index (χ2n) is 5.65. The van der Waals surface area contributed by atoms with Gasteiger partial charge in [0.1, 0.15) is 0 Å². The summed E-state index contributed by atoms with van der Waals surface area (Å²) in [5.74, 6) is 1.25. The molecule has 0 fully saturated rings. The molecule has 0 unspecified atom stereocenters. The summed E-state index contributed by atoms with van der Waals surface area (Å²) in [5, 5.41) is 4.86. The number of methoxy groups -OCH3 is 2. The van der Waals surface area contributed by atoms with Gasteiger partial charge in [-0.2, -0.15) is 5.10 Å². The average Bonchev–Trinajstić information content (AvgIpc) is 3.12. The molecule has 0 bridgehead atoms. The monoisotopic (exact) mass is 384 g/mol. The van der Waals surface area contributed by atoms with E-state index in [0.29, 0.717) is 22.4 Å². The number of hydrazone groups is 1. The number of thioether (sulfide) groups is 1. The van der Waals surface area contributed by atoms with Crippen LogP contribution in [0.25, 0.3) is 11.0 Å². The number of aromatic nitrogens is 2. The number of para-hydroxylation sites is 2. The minimum absolute atomic E-state index is 0.208. The number of benzene rings is 2. The molecule has 2 N–H and O–H groups in total. The van der Waals surface area contributed by atoms with E-state index in [-0.39, 0.29) is 11.7 Å². The van der Waals surface area contributed by atoms with Crippen molar-refractivity contribution in [2.45, 2.75) is 12.1 Å². The molecule has 2 aromatic carbocycles. The number of amides is 1. The number of fused-ring (bicyclic) bond motifs is 1. The maximum absolute atomic E-state index is 12.1. The first-order valence-electron chi connectivity index (χ1n) is 8.24. The molecule has 3 aromatic rings. The first kappa shape index (κ1) is 18.8. The average molecular weight is 384 g/mol. The second-order valence-corrected chi connectivity index (χ2v) is 6.61. The Labute approximate surface area is 161 Å². The highest BCUT2D eigenvalue weighted by Gasteiger charge is 2.09. The normalized spacial score (nSPS) is 11.4. The van der Waals surface area contributed by atoms with E-state index in [4.69, 9.17) is 9.47 Å². The summed E-state index contributed by atoms with van der Waals surface area (Å²) < 4.78 is 10.5. The quantitative estimate of drug-likeness (QED) is 0.371. The summed E-state index contributed by atoms with van der Waals surface area (Å²) in [5.41, 5.74) is 5.89. The van der Waals surface area contributed by atoms with Crippen molar-refractivity contribution in [3.05, 3.63) is 48.0 Å². The number of rotatable bonds is 7. The number of carbonyl (C=O) groups excluding carboxylic acids is 1. The lowest BCUT2D eigenvalue weighted by atomic mass is 10.1. The Morgan fingerprint density at radius 1 is 1.19 bits per heavy atom. The van der Waals surface area contributed by atoms with Crippen LogP contribution in [-0.2, 0) is 4.79 Å². The van der Waals surface area contributed by atoms with Gasteiger partial charge in [-0.25, -0.2) is 10.4 Å². The number of nitrogens with one attached hydrogen (secondary N) is 2. The van der Waals surface area contributed by atoms with Crippen molar-refractivity contribution in [2.24, 2.45) is 5.10 Å². The minimum atomic E-state index is -0.208. The van der Waals surface area contributed by atoms with Crippen LogP contribution < -0.4 is 14.9 Å². The van der Waals surface area contributed by atoms with Gasteiger partial charge in [0.05, 0.1) is 36.7 Å². The largest absolute Gasteiger partial charge is 0.493 e. The molecule has 0 aliphatic carbocycles. The molecular formula is C19H20N4O3S. The van der Waals surface area contributed by atoms with E-state index in [1.54, 1.807) is 20.3 Å². The van der Waals surface area contributed by atoms with Crippen LogP contribution in [0, 0.1) is 0 Å². The SMILES string of the molecule is COc1ccc(C(C)=NNC(=O)CSc2nc3ccccc3[nH]2)cc1OC.